The molecule has 0 radical (unpaired) electrons. The molecule has 0 bridgehead atoms. The first kappa shape index (κ1) is 26.9. The van der Waals surface area contributed by atoms with Gasteiger partial charge in [-0.1, -0.05) is 42.5 Å². The Morgan fingerprint density at radius 2 is 1.82 bits per heavy atom. The zero-order chi connectivity index (χ0) is 27.2. The predicted octanol–water partition coefficient (Wildman–Crippen LogP) is 4.64. The van der Waals surface area contributed by atoms with Crippen LogP contribution in [0.15, 0.2) is 77.4 Å². The van der Waals surface area contributed by atoms with Gasteiger partial charge in [0.1, 0.15) is 6.61 Å². The summed E-state index contributed by atoms with van der Waals surface area (Å²) in [6, 6.07) is 18.0. The van der Waals surface area contributed by atoms with Gasteiger partial charge in [0, 0.05) is 26.2 Å². The quantitative estimate of drug-likeness (QED) is 0.350. The fraction of sp³-hybridized carbons (Fsp3) is 0.333. The second kappa shape index (κ2) is 12.5. The van der Waals surface area contributed by atoms with Crippen LogP contribution < -0.4 is 9.47 Å². The lowest BCUT2D eigenvalue weighted by molar-refractivity contribution is -0.129. The number of carbonyl (C=O) groups is 2. The van der Waals surface area contributed by atoms with Crippen LogP contribution in [0.3, 0.4) is 0 Å². The van der Waals surface area contributed by atoms with E-state index in [1.54, 1.807) is 28.5 Å². The molecule has 1 aromatic heterocycles. The number of ketones is 1. The molecule has 0 aliphatic carbocycles. The van der Waals surface area contributed by atoms with Gasteiger partial charge < -0.3 is 24.2 Å². The van der Waals surface area contributed by atoms with E-state index in [1.165, 1.54) is 11.3 Å². The van der Waals surface area contributed by atoms with Crippen molar-refractivity contribution in [1.82, 2.24) is 9.80 Å². The van der Waals surface area contributed by atoms with Crippen LogP contribution in [0.4, 0.5) is 0 Å². The summed E-state index contributed by atoms with van der Waals surface area (Å²) in [6.07, 6.45) is 0. The van der Waals surface area contributed by atoms with Crippen LogP contribution in [0.2, 0.25) is 0 Å². The first-order chi connectivity index (χ1) is 19.1. The highest BCUT2D eigenvalue weighted by Crippen LogP contribution is 2.42. The minimum absolute atomic E-state index is 0.0878. The second-order valence-corrected chi connectivity index (χ2v) is 10.3. The summed E-state index contributed by atoms with van der Waals surface area (Å²) in [6.45, 7) is 6.47. The number of Topliss-reactive ketones (excluding diaryl/α,β-unsaturated/α-hetero) is 1. The molecule has 3 aromatic rings. The van der Waals surface area contributed by atoms with Crippen molar-refractivity contribution in [3.8, 4) is 11.5 Å². The monoisotopic (exact) mass is 548 g/mol. The third-order valence-electron chi connectivity index (χ3n) is 6.87. The number of hydrogen-bond acceptors (Lipinski definition) is 8. The van der Waals surface area contributed by atoms with Crippen molar-refractivity contribution >= 4 is 23.0 Å². The summed E-state index contributed by atoms with van der Waals surface area (Å²) < 4.78 is 17.4. The van der Waals surface area contributed by atoms with Gasteiger partial charge >= 0.3 is 0 Å². The summed E-state index contributed by atoms with van der Waals surface area (Å²) in [5.74, 6) is -0.316. The molecule has 5 rings (SSSR count). The molecule has 2 aliphatic rings. The lowest BCUT2D eigenvalue weighted by atomic mass is 9.95. The molecule has 0 spiro atoms. The van der Waals surface area contributed by atoms with Crippen LogP contribution in [0, 0.1) is 0 Å². The average molecular weight is 549 g/mol. The second-order valence-electron chi connectivity index (χ2n) is 9.34. The van der Waals surface area contributed by atoms with E-state index in [-0.39, 0.29) is 11.4 Å². The Balaban J connectivity index is 1.47. The van der Waals surface area contributed by atoms with E-state index in [1.807, 2.05) is 49.4 Å². The first-order valence-electron chi connectivity index (χ1n) is 13.1. The Hall–Kier alpha value is -3.66. The third-order valence-corrected chi connectivity index (χ3v) is 7.74. The summed E-state index contributed by atoms with van der Waals surface area (Å²) in [5, 5.41) is 12.8. The molecule has 1 atom stereocenters. The van der Waals surface area contributed by atoms with Gasteiger partial charge in [-0.15, -0.1) is 11.3 Å². The highest BCUT2D eigenvalue weighted by atomic mass is 32.1. The minimum atomic E-state index is -0.754. The molecular formula is C30H32N2O6S. The molecule has 3 heterocycles. The van der Waals surface area contributed by atoms with Gasteiger partial charge in [0.05, 0.1) is 36.3 Å². The normalized spacial score (nSPS) is 18.0. The number of nitrogens with zero attached hydrogens (tertiary/aromatic N) is 2. The Kier molecular flexibility index (Phi) is 8.61. The van der Waals surface area contributed by atoms with Crippen LogP contribution in [-0.2, 0) is 16.1 Å². The van der Waals surface area contributed by atoms with Gasteiger partial charge in [-0.2, -0.15) is 0 Å². The summed E-state index contributed by atoms with van der Waals surface area (Å²) in [4.78, 5) is 31.2. The number of benzene rings is 2. The molecule has 1 N–H and O–H groups in total. The number of carbonyl (C=O) groups excluding carboxylic acids is 2. The summed E-state index contributed by atoms with van der Waals surface area (Å²) in [5.41, 5.74) is 1.78. The highest BCUT2D eigenvalue weighted by Gasteiger charge is 2.44. The third kappa shape index (κ3) is 6.00. The van der Waals surface area contributed by atoms with Gasteiger partial charge in [-0.25, -0.2) is 0 Å². The van der Waals surface area contributed by atoms with E-state index in [4.69, 9.17) is 14.2 Å². The van der Waals surface area contributed by atoms with Gasteiger partial charge in [-0.3, -0.25) is 14.5 Å². The Morgan fingerprint density at radius 3 is 2.54 bits per heavy atom. The van der Waals surface area contributed by atoms with E-state index in [0.717, 1.165) is 18.7 Å². The number of aliphatic hydroxyl groups excluding tert-OH is 1. The zero-order valence-corrected chi connectivity index (χ0v) is 22.7. The van der Waals surface area contributed by atoms with Crippen molar-refractivity contribution in [3.63, 3.8) is 0 Å². The Bertz CT molecular complexity index is 1320. The predicted molar refractivity (Wildman–Crippen MR) is 148 cm³/mol. The van der Waals surface area contributed by atoms with Gasteiger partial charge in [0.15, 0.2) is 17.3 Å². The lowest BCUT2D eigenvalue weighted by Crippen LogP contribution is -2.43. The van der Waals surface area contributed by atoms with Gasteiger partial charge in [0.2, 0.25) is 5.78 Å². The highest BCUT2D eigenvalue weighted by molar-refractivity contribution is 7.12. The number of thiophene rings is 1. The van der Waals surface area contributed by atoms with E-state index >= 15 is 0 Å². The standard InChI is InChI=1S/C30H32N2O6S/c1-2-37-24-19-22(10-11-23(24)38-20-21-7-4-3-5-8-21)27-26(28(33)25-9-6-18-39-25)29(34)30(35)32(27)13-12-31-14-16-36-17-15-31/h3-11,18-19,27,34H,2,12-17,20H2,1H3. The maximum atomic E-state index is 13.6. The summed E-state index contributed by atoms with van der Waals surface area (Å²) in [7, 11) is 0. The van der Waals surface area contributed by atoms with Crippen molar-refractivity contribution in [2.75, 3.05) is 46.0 Å². The largest absolute Gasteiger partial charge is 0.503 e. The fourth-order valence-corrected chi connectivity index (χ4v) is 5.57. The number of hydrogen-bond donors (Lipinski definition) is 1. The lowest BCUT2D eigenvalue weighted by Gasteiger charge is -2.32. The molecule has 1 saturated heterocycles. The minimum Gasteiger partial charge on any atom is -0.503 e. The molecule has 1 amide bonds. The number of amides is 1. The molecule has 2 aliphatic heterocycles. The number of morpholine rings is 1. The summed E-state index contributed by atoms with van der Waals surface area (Å²) >= 11 is 1.28. The van der Waals surface area contributed by atoms with Crippen LogP contribution >= 0.6 is 11.3 Å². The van der Waals surface area contributed by atoms with Crippen molar-refractivity contribution in [2.45, 2.75) is 19.6 Å². The van der Waals surface area contributed by atoms with Crippen LogP contribution in [0.1, 0.15) is 33.8 Å². The van der Waals surface area contributed by atoms with Crippen LogP contribution in [0.5, 0.6) is 11.5 Å². The fourth-order valence-electron chi connectivity index (χ4n) is 4.89. The molecule has 0 saturated carbocycles. The Labute approximate surface area is 232 Å². The van der Waals surface area contributed by atoms with Crippen molar-refractivity contribution in [3.05, 3.63) is 93.4 Å². The molecule has 8 nitrogen and oxygen atoms in total. The SMILES string of the molecule is CCOc1cc(C2C(C(=O)c3cccs3)=C(O)C(=O)N2CCN2CCOCC2)ccc1OCc1ccccc1. The van der Waals surface area contributed by atoms with Crippen LogP contribution in [0.25, 0.3) is 0 Å². The van der Waals surface area contributed by atoms with E-state index < -0.39 is 17.7 Å². The van der Waals surface area contributed by atoms with Crippen molar-refractivity contribution < 1.29 is 28.9 Å². The topological polar surface area (TPSA) is 88.5 Å². The van der Waals surface area contributed by atoms with E-state index in [2.05, 4.69) is 4.90 Å². The molecule has 39 heavy (non-hydrogen) atoms. The van der Waals surface area contributed by atoms with Gasteiger partial charge in [-0.05, 0) is 41.6 Å². The molecule has 2 aromatic carbocycles. The number of ether oxygens (including phenoxy) is 3. The molecule has 1 fully saturated rings. The maximum Gasteiger partial charge on any atom is 0.290 e. The number of aliphatic hydroxyl groups is 1. The zero-order valence-electron chi connectivity index (χ0n) is 21.9. The number of rotatable bonds is 11. The van der Waals surface area contributed by atoms with Crippen molar-refractivity contribution in [1.29, 1.82) is 0 Å². The van der Waals surface area contributed by atoms with Gasteiger partial charge in [0.25, 0.3) is 5.91 Å². The average Bonchev–Trinajstić information content (AvgIpc) is 3.59. The first-order valence-corrected chi connectivity index (χ1v) is 14.0. The van der Waals surface area contributed by atoms with Crippen molar-refractivity contribution in [2.24, 2.45) is 0 Å². The molecule has 204 valence electrons. The van der Waals surface area contributed by atoms with E-state index in [0.29, 0.717) is 61.5 Å². The Morgan fingerprint density at radius 1 is 1.03 bits per heavy atom. The molecule has 1 unspecified atom stereocenters. The van der Waals surface area contributed by atoms with Crippen LogP contribution in [-0.4, -0.2) is 72.6 Å². The molecular weight excluding hydrogens is 516 g/mol. The van der Waals surface area contributed by atoms with E-state index in [9.17, 15) is 14.7 Å². The maximum absolute atomic E-state index is 13.6. The molecule has 9 heteroatoms. The smallest absolute Gasteiger partial charge is 0.290 e.